The summed E-state index contributed by atoms with van der Waals surface area (Å²) in [6, 6.07) is 43.1. The van der Waals surface area contributed by atoms with Gasteiger partial charge in [-0.2, -0.15) is 0 Å². The van der Waals surface area contributed by atoms with E-state index in [1.54, 1.807) is 14.2 Å². The van der Waals surface area contributed by atoms with Crippen LogP contribution < -0.4 is 9.47 Å². The molecule has 194 valence electrons. The molecule has 0 heterocycles. The number of rotatable bonds is 8. The summed E-state index contributed by atoms with van der Waals surface area (Å²) in [7, 11) is 3.23. The van der Waals surface area contributed by atoms with Gasteiger partial charge in [0.2, 0.25) is 0 Å². The summed E-state index contributed by atoms with van der Waals surface area (Å²) in [6.07, 6.45) is 0. The Morgan fingerprint density at radius 2 is 0.795 bits per heavy atom. The number of ether oxygens (including phenoxy) is 2. The number of carbonyl (C=O) groups is 2. The number of methoxy groups -OCH3 is 2. The van der Waals surface area contributed by atoms with Crippen LogP contribution in [0.3, 0.4) is 0 Å². The second kappa shape index (κ2) is 13.5. The zero-order valence-corrected chi connectivity index (χ0v) is 22.0. The molecular formula is C35H30O4. The van der Waals surface area contributed by atoms with Crippen LogP contribution >= 0.6 is 0 Å². The van der Waals surface area contributed by atoms with Crippen LogP contribution in [0, 0.1) is 0 Å². The number of carbonyl (C=O) groups excluding carboxylic acids is 2. The number of ketones is 2. The first-order chi connectivity index (χ1) is 19.1. The summed E-state index contributed by atoms with van der Waals surface area (Å²) in [6.45, 7) is 0. The van der Waals surface area contributed by atoms with Crippen molar-refractivity contribution in [1.29, 1.82) is 0 Å². The van der Waals surface area contributed by atoms with Crippen LogP contribution in [0.25, 0.3) is 0 Å². The van der Waals surface area contributed by atoms with Gasteiger partial charge in [0, 0.05) is 27.8 Å². The van der Waals surface area contributed by atoms with E-state index in [1.807, 2.05) is 140 Å². The lowest BCUT2D eigenvalue weighted by atomic mass is 9.84. The van der Waals surface area contributed by atoms with E-state index in [0.717, 1.165) is 22.3 Å². The smallest absolute Gasteiger partial charge is 0.193 e. The number of hydrogen-bond donors (Lipinski definition) is 0. The molecule has 5 rings (SSSR count). The Balaban J connectivity index is 0.000000212. The maximum atomic E-state index is 13.4. The van der Waals surface area contributed by atoms with Crippen molar-refractivity contribution in [2.24, 2.45) is 0 Å². The largest absolute Gasteiger partial charge is 0.496 e. The first kappa shape index (κ1) is 27.1. The Bertz CT molecular complexity index is 1410. The second-order valence-corrected chi connectivity index (χ2v) is 8.71. The fourth-order valence-corrected chi connectivity index (χ4v) is 4.37. The molecule has 39 heavy (non-hydrogen) atoms. The van der Waals surface area contributed by atoms with Gasteiger partial charge in [0.1, 0.15) is 11.5 Å². The van der Waals surface area contributed by atoms with Gasteiger partial charge in [0.25, 0.3) is 0 Å². The number of benzene rings is 5. The normalized spacial score (nSPS) is 10.2. The minimum absolute atomic E-state index is 0.00889. The highest BCUT2D eigenvalue weighted by Gasteiger charge is 2.29. The summed E-state index contributed by atoms with van der Waals surface area (Å²) in [5, 5.41) is 0. The minimum atomic E-state index is -0.505. The predicted octanol–water partition coefficient (Wildman–Crippen LogP) is 7.64. The molecular weight excluding hydrogens is 484 g/mol. The standard InChI is InChI=1S/C22H20O3.C13H10O/c1-24-19-14-8-6-12-17(19)21(18-13-7-9-15-20(18)25-2)22(23)16-10-4-3-5-11-16;14-13(11-7-3-1-4-8-11)12-9-5-2-6-10-12/h3-15,21H,1-2H3;1-10H. The molecule has 0 aliphatic rings. The molecule has 0 aliphatic heterocycles. The Kier molecular flexibility index (Phi) is 9.41. The van der Waals surface area contributed by atoms with Crippen molar-refractivity contribution in [2.75, 3.05) is 14.2 Å². The van der Waals surface area contributed by atoms with Gasteiger partial charge < -0.3 is 9.47 Å². The molecule has 0 N–H and O–H groups in total. The van der Waals surface area contributed by atoms with Crippen LogP contribution in [0.5, 0.6) is 11.5 Å². The average Bonchev–Trinajstić information content (AvgIpc) is 3.03. The van der Waals surface area contributed by atoms with Crippen molar-refractivity contribution in [3.63, 3.8) is 0 Å². The quantitative estimate of drug-likeness (QED) is 0.200. The van der Waals surface area contributed by atoms with E-state index in [4.69, 9.17) is 9.47 Å². The molecule has 5 aromatic carbocycles. The predicted molar refractivity (Wildman–Crippen MR) is 155 cm³/mol. The van der Waals surface area contributed by atoms with Crippen LogP contribution in [0.2, 0.25) is 0 Å². The molecule has 0 saturated heterocycles. The van der Waals surface area contributed by atoms with Crippen molar-refractivity contribution < 1.29 is 19.1 Å². The molecule has 0 spiro atoms. The third-order valence-corrected chi connectivity index (χ3v) is 6.29. The third-order valence-electron chi connectivity index (χ3n) is 6.29. The molecule has 0 saturated carbocycles. The fraction of sp³-hybridized carbons (Fsp3) is 0.0857. The van der Waals surface area contributed by atoms with Crippen LogP contribution in [0.1, 0.15) is 43.3 Å². The van der Waals surface area contributed by atoms with Crippen LogP contribution in [-0.2, 0) is 0 Å². The van der Waals surface area contributed by atoms with Crippen LogP contribution in [-0.4, -0.2) is 25.8 Å². The SMILES string of the molecule is COc1ccccc1C(C(=O)c1ccccc1)c1ccccc1OC.O=C(c1ccccc1)c1ccccc1. The highest BCUT2D eigenvalue weighted by molar-refractivity contribution is 6.08. The zero-order valence-electron chi connectivity index (χ0n) is 22.0. The van der Waals surface area contributed by atoms with E-state index in [2.05, 4.69) is 0 Å². The van der Waals surface area contributed by atoms with E-state index >= 15 is 0 Å². The lowest BCUT2D eigenvalue weighted by Crippen LogP contribution is -2.16. The molecule has 0 unspecified atom stereocenters. The maximum absolute atomic E-state index is 13.4. The van der Waals surface area contributed by atoms with Crippen LogP contribution in [0.4, 0.5) is 0 Å². The summed E-state index contributed by atoms with van der Waals surface area (Å²) in [5.41, 5.74) is 3.77. The van der Waals surface area contributed by atoms with Gasteiger partial charge in [0.05, 0.1) is 20.1 Å². The monoisotopic (exact) mass is 514 g/mol. The minimum Gasteiger partial charge on any atom is -0.496 e. The van der Waals surface area contributed by atoms with E-state index < -0.39 is 5.92 Å². The Labute approximate surface area is 229 Å². The van der Waals surface area contributed by atoms with Crippen LogP contribution in [0.15, 0.2) is 140 Å². The highest BCUT2D eigenvalue weighted by atomic mass is 16.5. The molecule has 0 amide bonds. The Hall–Kier alpha value is -4.96. The van der Waals surface area contributed by atoms with E-state index in [-0.39, 0.29) is 11.6 Å². The summed E-state index contributed by atoms with van der Waals surface area (Å²) in [5.74, 6) is 0.945. The average molecular weight is 515 g/mol. The first-order valence-corrected chi connectivity index (χ1v) is 12.6. The number of hydrogen-bond acceptors (Lipinski definition) is 4. The summed E-state index contributed by atoms with van der Waals surface area (Å²) in [4.78, 5) is 25.2. The van der Waals surface area contributed by atoms with Gasteiger partial charge in [0.15, 0.2) is 11.6 Å². The molecule has 0 atom stereocenters. The lowest BCUT2D eigenvalue weighted by Gasteiger charge is -2.21. The molecule has 0 radical (unpaired) electrons. The zero-order chi connectivity index (χ0) is 27.5. The molecule has 0 aliphatic carbocycles. The first-order valence-electron chi connectivity index (χ1n) is 12.6. The summed E-state index contributed by atoms with van der Waals surface area (Å²) < 4.78 is 11.0. The maximum Gasteiger partial charge on any atom is 0.193 e. The van der Waals surface area contributed by atoms with Gasteiger partial charge in [-0.3, -0.25) is 9.59 Å². The molecule has 0 bridgehead atoms. The fourth-order valence-electron chi connectivity index (χ4n) is 4.37. The second-order valence-electron chi connectivity index (χ2n) is 8.71. The summed E-state index contributed by atoms with van der Waals surface area (Å²) >= 11 is 0. The van der Waals surface area contributed by atoms with E-state index in [9.17, 15) is 9.59 Å². The van der Waals surface area contributed by atoms with E-state index in [1.165, 1.54) is 0 Å². The number of Topliss-reactive ketones (excluding diaryl/α,β-unsaturated/α-hetero) is 1. The molecule has 4 heteroatoms. The molecule has 0 fully saturated rings. The van der Waals surface area contributed by atoms with Gasteiger partial charge >= 0.3 is 0 Å². The molecule has 5 aromatic rings. The van der Waals surface area contributed by atoms with Gasteiger partial charge in [-0.15, -0.1) is 0 Å². The molecule has 4 nitrogen and oxygen atoms in total. The topological polar surface area (TPSA) is 52.6 Å². The van der Waals surface area contributed by atoms with Crippen molar-refractivity contribution in [2.45, 2.75) is 5.92 Å². The Morgan fingerprint density at radius 3 is 1.18 bits per heavy atom. The van der Waals surface area contributed by atoms with Gasteiger partial charge in [-0.1, -0.05) is 127 Å². The van der Waals surface area contributed by atoms with Crippen molar-refractivity contribution in [3.8, 4) is 11.5 Å². The van der Waals surface area contributed by atoms with Crippen molar-refractivity contribution in [3.05, 3.63) is 167 Å². The highest BCUT2D eigenvalue weighted by Crippen LogP contribution is 2.38. The molecule has 0 aromatic heterocycles. The number of para-hydroxylation sites is 2. The third kappa shape index (κ3) is 6.68. The van der Waals surface area contributed by atoms with Gasteiger partial charge in [-0.25, -0.2) is 0 Å². The van der Waals surface area contributed by atoms with Gasteiger partial charge in [-0.05, 0) is 12.1 Å². The van der Waals surface area contributed by atoms with Crippen molar-refractivity contribution >= 4 is 11.6 Å². The van der Waals surface area contributed by atoms with E-state index in [0.29, 0.717) is 17.1 Å². The van der Waals surface area contributed by atoms with Crippen molar-refractivity contribution in [1.82, 2.24) is 0 Å². The Morgan fingerprint density at radius 1 is 0.462 bits per heavy atom. The lowest BCUT2D eigenvalue weighted by molar-refractivity contribution is 0.0970.